The molecule has 2 aromatic carbocycles. The molecule has 5 heteroatoms. The Hall–Kier alpha value is -2.69. The van der Waals surface area contributed by atoms with Gasteiger partial charge in [-0.1, -0.05) is 6.58 Å². The summed E-state index contributed by atoms with van der Waals surface area (Å²) in [5.74, 6) is -0.788. The average Bonchev–Trinajstić information content (AvgIpc) is 2.93. The van der Waals surface area contributed by atoms with Crippen LogP contribution in [0.15, 0.2) is 36.4 Å². The highest BCUT2D eigenvalue weighted by atomic mass is 19.1. The summed E-state index contributed by atoms with van der Waals surface area (Å²) in [6.07, 6.45) is 1.33. The molecule has 0 amide bonds. The number of rotatable bonds is 3. The smallest absolute Gasteiger partial charge is 0.334 e. The number of hydrogen-bond donors (Lipinski definition) is 0. The predicted molar refractivity (Wildman–Crippen MR) is 96.4 cm³/mol. The van der Waals surface area contributed by atoms with Crippen LogP contribution >= 0.6 is 0 Å². The Bertz CT molecular complexity index is 965. The van der Waals surface area contributed by atoms with E-state index in [1.54, 1.807) is 0 Å². The summed E-state index contributed by atoms with van der Waals surface area (Å²) in [6, 6.07) is 5.22. The molecule has 27 heavy (non-hydrogen) atoms. The lowest BCUT2D eigenvalue weighted by Crippen LogP contribution is -2.20. The molecule has 0 bridgehead atoms. The highest BCUT2D eigenvalue weighted by Gasteiger charge is 2.44. The van der Waals surface area contributed by atoms with E-state index in [0.29, 0.717) is 11.3 Å². The third kappa shape index (κ3) is 2.91. The minimum atomic E-state index is -0.509. The van der Waals surface area contributed by atoms with E-state index in [1.807, 2.05) is 19.9 Å². The largest absolute Gasteiger partial charge is 0.489 e. The Morgan fingerprint density at radius 2 is 2.04 bits per heavy atom. The van der Waals surface area contributed by atoms with Crippen LogP contribution < -0.4 is 4.74 Å². The van der Waals surface area contributed by atoms with E-state index in [2.05, 4.69) is 6.58 Å². The minimum Gasteiger partial charge on any atom is -0.489 e. The SMILES string of the molecule is C=C1C(=O)OC2c3c(C)c(OCc4cc(F)ccc4F)cc(C)c3CC[C@@H]12. The lowest BCUT2D eigenvalue weighted by molar-refractivity contribution is -0.139. The summed E-state index contributed by atoms with van der Waals surface area (Å²) in [4.78, 5) is 12.0. The first-order valence-electron chi connectivity index (χ1n) is 8.96. The molecule has 3 nitrogen and oxygen atoms in total. The first kappa shape index (κ1) is 17.7. The van der Waals surface area contributed by atoms with Crippen molar-refractivity contribution in [1.82, 2.24) is 0 Å². The van der Waals surface area contributed by atoms with E-state index in [1.165, 1.54) is 5.56 Å². The molecule has 1 saturated heterocycles. The maximum Gasteiger partial charge on any atom is 0.334 e. The number of esters is 1. The summed E-state index contributed by atoms with van der Waals surface area (Å²) in [7, 11) is 0. The van der Waals surface area contributed by atoms with Crippen LogP contribution in [0.4, 0.5) is 8.78 Å². The zero-order valence-electron chi connectivity index (χ0n) is 15.3. The zero-order chi connectivity index (χ0) is 19.3. The van der Waals surface area contributed by atoms with Crippen molar-refractivity contribution in [3.05, 3.63) is 75.9 Å². The average molecular weight is 370 g/mol. The molecule has 2 aromatic rings. The molecule has 1 heterocycles. The van der Waals surface area contributed by atoms with Crippen molar-refractivity contribution in [1.29, 1.82) is 0 Å². The summed E-state index contributed by atoms with van der Waals surface area (Å²) in [6.45, 7) is 7.69. The van der Waals surface area contributed by atoms with E-state index < -0.39 is 11.6 Å². The van der Waals surface area contributed by atoms with Crippen molar-refractivity contribution >= 4 is 5.97 Å². The highest BCUT2D eigenvalue weighted by Crippen LogP contribution is 2.49. The highest BCUT2D eigenvalue weighted by molar-refractivity contribution is 5.91. The number of benzene rings is 2. The summed E-state index contributed by atoms with van der Waals surface area (Å²) in [5.41, 5.74) is 4.72. The van der Waals surface area contributed by atoms with Gasteiger partial charge in [0, 0.05) is 22.6 Å². The van der Waals surface area contributed by atoms with Gasteiger partial charge in [-0.3, -0.25) is 0 Å². The lowest BCUT2D eigenvalue weighted by atomic mass is 9.76. The Kier molecular flexibility index (Phi) is 4.25. The van der Waals surface area contributed by atoms with Gasteiger partial charge in [-0.25, -0.2) is 13.6 Å². The Labute approximate surface area is 156 Å². The molecular weight excluding hydrogens is 350 g/mol. The van der Waals surface area contributed by atoms with Crippen molar-refractivity contribution in [3.8, 4) is 5.75 Å². The number of carbonyl (C=O) groups is 1. The minimum absolute atomic E-state index is 0.0148. The maximum atomic E-state index is 13.9. The second-order valence-electron chi connectivity index (χ2n) is 7.23. The van der Waals surface area contributed by atoms with Crippen molar-refractivity contribution in [2.24, 2.45) is 5.92 Å². The Balaban J connectivity index is 1.69. The molecule has 0 radical (unpaired) electrons. The summed E-state index contributed by atoms with van der Waals surface area (Å²) >= 11 is 0. The van der Waals surface area contributed by atoms with E-state index >= 15 is 0 Å². The third-order valence-electron chi connectivity index (χ3n) is 5.61. The molecule has 4 rings (SSSR count). The summed E-state index contributed by atoms with van der Waals surface area (Å²) in [5, 5.41) is 0. The van der Waals surface area contributed by atoms with E-state index in [4.69, 9.17) is 9.47 Å². The topological polar surface area (TPSA) is 35.5 Å². The van der Waals surface area contributed by atoms with Crippen molar-refractivity contribution in [2.45, 2.75) is 39.4 Å². The normalized spacial score (nSPS) is 20.9. The molecular formula is C22H20F2O3. The van der Waals surface area contributed by atoms with Crippen LogP contribution in [0, 0.1) is 31.4 Å². The predicted octanol–water partition coefficient (Wildman–Crippen LogP) is 4.88. The summed E-state index contributed by atoms with van der Waals surface area (Å²) < 4.78 is 38.7. The standard InChI is InChI=1S/C22H20F2O3/c1-11-8-19(26-10-14-9-15(23)4-7-18(14)24)13(3)20-16(11)5-6-17-12(2)22(25)27-21(17)20/h4,7-9,17,21H,2,5-6,10H2,1,3H3/t17-,21?/m0/s1. The van der Waals surface area contributed by atoms with Crippen LogP contribution in [0.5, 0.6) is 5.75 Å². The van der Waals surface area contributed by atoms with Gasteiger partial charge in [-0.05, 0) is 67.6 Å². The Morgan fingerprint density at radius 3 is 2.81 bits per heavy atom. The number of aryl methyl sites for hydroxylation is 1. The van der Waals surface area contributed by atoms with E-state index in [0.717, 1.165) is 47.7 Å². The molecule has 0 saturated carbocycles. The number of carbonyl (C=O) groups excluding carboxylic acids is 1. The van der Waals surface area contributed by atoms with Crippen LogP contribution in [0.2, 0.25) is 0 Å². The third-order valence-corrected chi connectivity index (χ3v) is 5.61. The van der Waals surface area contributed by atoms with Gasteiger partial charge in [0.15, 0.2) is 0 Å². The Morgan fingerprint density at radius 1 is 1.26 bits per heavy atom. The molecule has 1 unspecified atom stereocenters. The lowest BCUT2D eigenvalue weighted by Gasteiger charge is -2.30. The zero-order valence-corrected chi connectivity index (χ0v) is 15.3. The van der Waals surface area contributed by atoms with Crippen LogP contribution in [-0.4, -0.2) is 5.97 Å². The van der Waals surface area contributed by atoms with E-state index in [-0.39, 0.29) is 30.2 Å². The van der Waals surface area contributed by atoms with Crippen molar-refractivity contribution < 1.29 is 23.0 Å². The van der Waals surface area contributed by atoms with Crippen molar-refractivity contribution in [3.63, 3.8) is 0 Å². The van der Waals surface area contributed by atoms with Crippen LogP contribution in [0.3, 0.4) is 0 Å². The molecule has 0 spiro atoms. The van der Waals surface area contributed by atoms with Gasteiger partial charge >= 0.3 is 5.97 Å². The fraction of sp³-hybridized carbons (Fsp3) is 0.318. The second kappa shape index (κ2) is 6.48. The van der Waals surface area contributed by atoms with Gasteiger partial charge in [0.05, 0.1) is 0 Å². The molecule has 2 aliphatic rings. The first-order chi connectivity index (χ1) is 12.9. The second-order valence-corrected chi connectivity index (χ2v) is 7.23. The van der Waals surface area contributed by atoms with E-state index in [9.17, 15) is 13.6 Å². The molecule has 1 aliphatic carbocycles. The number of ether oxygens (including phenoxy) is 2. The van der Waals surface area contributed by atoms with Gasteiger partial charge in [0.25, 0.3) is 0 Å². The van der Waals surface area contributed by atoms with Gasteiger partial charge in [-0.15, -0.1) is 0 Å². The van der Waals surface area contributed by atoms with Gasteiger partial charge in [-0.2, -0.15) is 0 Å². The van der Waals surface area contributed by atoms with Crippen LogP contribution in [-0.2, 0) is 22.6 Å². The quantitative estimate of drug-likeness (QED) is 0.571. The van der Waals surface area contributed by atoms with Gasteiger partial charge in [0.2, 0.25) is 0 Å². The number of halogens is 2. The molecule has 1 aliphatic heterocycles. The molecule has 140 valence electrons. The van der Waals surface area contributed by atoms with Crippen LogP contribution in [0.25, 0.3) is 0 Å². The fourth-order valence-corrected chi connectivity index (χ4v) is 4.13. The monoisotopic (exact) mass is 370 g/mol. The number of hydrogen-bond acceptors (Lipinski definition) is 3. The van der Waals surface area contributed by atoms with Gasteiger partial charge in [0.1, 0.15) is 30.1 Å². The molecule has 1 fully saturated rings. The first-order valence-corrected chi connectivity index (χ1v) is 8.96. The number of fused-ring (bicyclic) bond motifs is 3. The van der Waals surface area contributed by atoms with Crippen molar-refractivity contribution in [2.75, 3.05) is 0 Å². The maximum absolute atomic E-state index is 13.9. The van der Waals surface area contributed by atoms with Gasteiger partial charge < -0.3 is 9.47 Å². The molecule has 0 aromatic heterocycles. The molecule has 2 atom stereocenters. The fourth-order valence-electron chi connectivity index (χ4n) is 4.13. The van der Waals surface area contributed by atoms with Crippen LogP contribution in [0.1, 0.15) is 40.3 Å². The molecule has 0 N–H and O–H groups in total.